The largest absolute Gasteiger partial charge is 0.346 e. The molecule has 1 N–H and O–H groups in total. The Kier molecular flexibility index (Phi) is 4.34. The van der Waals surface area contributed by atoms with E-state index in [1.54, 1.807) is 12.1 Å². The van der Waals surface area contributed by atoms with Crippen LogP contribution < -0.4 is 5.32 Å². The number of halogens is 2. The summed E-state index contributed by atoms with van der Waals surface area (Å²) in [5.74, 6) is -1.47. The summed E-state index contributed by atoms with van der Waals surface area (Å²) in [7, 11) is 0. The first-order chi connectivity index (χ1) is 13.4. The second-order valence-electron chi connectivity index (χ2n) is 7.23. The summed E-state index contributed by atoms with van der Waals surface area (Å²) in [6, 6.07) is 7.11. The lowest BCUT2D eigenvalue weighted by Gasteiger charge is -2.16. The average molecular weight is 380 g/mol. The van der Waals surface area contributed by atoms with Gasteiger partial charge in [0.1, 0.15) is 17.8 Å². The number of rotatable bonds is 4. The van der Waals surface area contributed by atoms with Crippen LogP contribution in [0.2, 0.25) is 0 Å². The molecular weight excluding hydrogens is 362 g/mol. The van der Waals surface area contributed by atoms with E-state index < -0.39 is 23.8 Å². The third-order valence-corrected chi connectivity index (χ3v) is 4.96. The van der Waals surface area contributed by atoms with E-state index >= 15 is 4.39 Å². The van der Waals surface area contributed by atoms with Gasteiger partial charge >= 0.3 is 0 Å². The van der Waals surface area contributed by atoms with Gasteiger partial charge in [-0.15, -0.1) is 0 Å². The van der Waals surface area contributed by atoms with Gasteiger partial charge in [0, 0.05) is 35.1 Å². The van der Waals surface area contributed by atoms with Crippen molar-refractivity contribution in [3.8, 4) is 11.3 Å². The highest BCUT2D eigenvalue weighted by Crippen LogP contribution is 2.39. The normalized spacial score (nSPS) is 18.3. The molecular formula is C21H18F2N4O. The molecule has 0 bridgehead atoms. The van der Waals surface area contributed by atoms with Crippen molar-refractivity contribution >= 4 is 28.2 Å². The van der Waals surface area contributed by atoms with Gasteiger partial charge in [-0.1, -0.05) is 6.07 Å². The van der Waals surface area contributed by atoms with Gasteiger partial charge < -0.3 is 9.88 Å². The molecule has 1 aliphatic carbocycles. The van der Waals surface area contributed by atoms with Crippen molar-refractivity contribution in [2.45, 2.75) is 32.5 Å². The fraction of sp³-hybridized carbons (Fsp3) is 0.286. The summed E-state index contributed by atoms with van der Waals surface area (Å²) < 4.78 is 30.1. The Balaban J connectivity index is 1.82. The molecule has 28 heavy (non-hydrogen) atoms. The van der Waals surface area contributed by atoms with E-state index in [1.165, 1.54) is 6.20 Å². The van der Waals surface area contributed by atoms with Crippen molar-refractivity contribution in [1.29, 1.82) is 0 Å². The first kappa shape index (κ1) is 18.1. The van der Waals surface area contributed by atoms with Crippen molar-refractivity contribution in [1.82, 2.24) is 9.55 Å². The van der Waals surface area contributed by atoms with Gasteiger partial charge in [0.15, 0.2) is 0 Å². The molecule has 3 aromatic rings. The van der Waals surface area contributed by atoms with Gasteiger partial charge in [-0.25, -0.2) is 18.6 Å². The number of fused-ring (bicyclic) bond motifs is 1. The van der Waals surface area contributed by atoms with E-state index in [2.05, 4.69) is 15.1 Å². The highest BCUT2D eigenvalue weighted by atomic mass is 19.1. The number of hydrogen-bond donors (Lipinski definition) is 1. The number of carbonyl (C=O) groups excluding carboxylic acids is 1. The molecule has 1 aromatic carbocycles. The van der Waals surface area contributed by atoms with Crippen molar-refractivity contribution in [2.75, 3.05) is 5.32 Å². The number of nitrogens with zero attached hydrogens (tertiary/aromatic N) is 3. The first-order valence-electron chi connectivity index (χ1n) is 9.02. The number of benzene rings is 1. The fourth-order valence-corrected chi connectivity index (χ4v) is 3.34. The van der Waals surface area contributed by atoms with Gasteiger partial charge in [0.2, 0.25) is 11.6 Å². The molecule has 2 atom stereocenters. The molecule has 4 rings (SSSR count). The number of nitrogens with one attached hydrogen (secondary N) is 1. The topological polar surface area (TPSA) is 51.3 Å². The van der Waals surface area contributed by atoms with Crippen LogP contribution in [0.15, 0.2) is 36.7 Å². The molecule has 1 aliphatic rings. The molecule has 2 unspecified atom stereocenters. The molecule has 1 saturated carbocycles. The van der Waals surface area contributed by atoms with E-state index in [-0.39, 0.29) is 29.4 Å². The summed E-state index contributed by atoms with van der Waals surface area (Å²) in [4.78, 5) is 19.4. The van der Waals surface area contributed by atoms with Crippen molar-refractivity contribution in [3.63, 3.8) is 0 Å². The first-order valence-corrected chi connectivity index (χ1v) is 9.02. The minimum atomic E-state index is -1.10. The number of alkyl halides is 1. The Hall–Kier alpha value is -3.27. The Labute approximate surface area is 160 Å². The molecule has 0 aliphatic heterocycles. The van der Waals surface area contributed by atoms with Crippen LogP contribution in [0.4, 0.5) is 20.3 Å². The lowest BCUT2D eigenvalue weighted by atomic mass is 10.0. The monoisotopic (exact) mass is 380 g/mol. The van der Waals surface area contributed by atoms with E-state index in [0.29, 0.717) is 10.9 Å². The van der Waals surface area contributed by atoms with E-state index in [4.69, 9.17) is 6.57 Å². The van der Waals surface area contributed by atoms with Gasteiger partial charge in [-0.2, -0.15) is 0 Å². The van der Waals surface area contributed by atoms with Crippen LogP contribution in [0.1, 0.15) is 26.3 Å². The number of pyridine rings is 1. The minimum Gasteiger partial charge on any atom is -0.346 e. The minimum absolute atomic E-state index is 0.0649. The van der Waals surface area contributed by atoms with Crippen LogP contribution in [-0.4, -0.2) is 21.6 Å². The molecule has 5 nitrogen and oxygen atoms in total. The Morgan fingerprint density at radius 2 is 2.18 bits per heavy atom. The lowest BCUT2D eigenvalue weighted by Crippen LogP contribution is -2.15. The van der Waals surface area contributed by atoms with E-state index in [9.17, 15) is 9.18 Å². The maximum absolute atomic E-state index is 15.0. The van der Waals surface area contributed by atoms with Crippen LogP contribution in [0, 0.1) is 18.3 Å². The molecule has 0 saturated heterocycles. The van der Waals surface area contributed by atoms with Crippen molar-refractivity contribution < 1.29 is 13.6 Å². The fourth-order valence-electron chi connectivity index (χ4n) is 3.34. The molecule has 1 amide bonds. The summed E-state index contributed by atoms with van der Waals surface area (Å²) in [6.45, 7) is 11.5. The zero-order valence-electron chi connectivity index (χ0n) is 15.4. The summed E-state index contributed by atoms with van der Waals surface area (Å²) in [6.07, 6.45) is 2.30. The quantitative estimate of drug-likeness (QED) is 0.627. The van der Waals surface area contributed by atoms with E-state index in [0.717, 1.165) is 5.69 Å². The highest BCUT2D eigenvalue weighted by molar-refractivity contribution is 5.98. The molecule has 142 valence electrons. The summed E-state index contributed by atoms with van der Waals surface area (Å²) in [5, 5.41) is 3.29. The molecule has 2 heterocycles. The molecule has 1 fully saturated rings. The van der Waals surface area contributed by atoms with Crippen molar-refractivity contribution in [3.05, 3.63) is 53.9 Å². The Bertz CT molecular complexity index is 1130. The van der Waals surface area contributed by atoms with Gasteiger partial charge in [0.05, 0.1) is 12.5 Å². The molecule has 0 radical (unpaired) electrons. The molecule has 2 aromatic heterocycles. The van der Waals surface area contributed by atoms with Crippen LogP contribution in [-0.2, 0) is 4.79 Å². The number of carbonyl (C=O) groups is 1. The van der Waals surface area contributed by atoms with Crippen LogP contribution in [0.3, 0.4) is 0 Å². The maximum Gasteiger partial charge on any atom is 0.231 e. The predicted octanol–water partition coefficient (Wildman–Crippen LogP) is 5.27. The maximum atomic E-state index is 15.0. The zero-order chi connectivity index (χ0) is 20.0. The van der Waals surface area contributed by atoms with Crippen LogP contribution in [0.25, 0.3) is 26.9 Å². The van der Waals surface area contributed by atoms with Gasteiger partial charge in [0.25, 0.3) is 0 Å². The number of amides is 1. The molecule has 0 spiro atoms. The third-order valence-electron chi connectivity index (χ3n) is 4.96. The second kappa shape index (κ2) is 6.71. The predicted molar refractivity (Wildman–Crippen MR) is 103 cm³/mol. The van der Waals surface area contributed by atoms with Crippen LogP contribution in [0.5, 0.6) is 0 Å². The Morgan fingerprint density at radius 1 is 1.43 bits per heavy atom. The van der Waals surface area contributed by atoms with Gasteiger partial charge in [-0.3, -0.25) is 4.79 Å². The number of aromatic nitrogens is 2. The third kappa shape index (κ3) is 3.01. The Morgan fingerprint density at radius 3 is 2.82 bits per heavy atom. The van der Waals surface area contributed by atoms with E-state index in [1.807, 2.05) is 36.7 Å². The summed E-state index contributed by atoms with van der Waals surface area (Å²) in [5.41, 5.74) is 1.15. The van der Waals surface area contributed by atoms with Gasteiger partial charge in [-0.05, 0) is 43.9 Å². The molecule has 7 heteroatoms. The zero-order valence-corrected chi connectivity index (χ0v) is 15.4. The van der Waals surface area contributed by atoms with Crippen molar-refractivity contribution in [2.24, 2.45) is 5.92 Å². The average Bonchev–Trinajstić information content (AvgIpc) is 3.19. The number of anilines is 1. The summed E-state index contributed by atoms with van der Waals surface area (Å²) >= 11 is 0. The lowest BCUT2D eigenvalue weighted by molar-refractivity contribution is -0.117. The highest BCUT2D eigenvalue weighted by Gasteiger charge is 2.43. The number of hydrogen-bond acceptors (Lipinski definition) is 2. The second-order valence-corrected chi connectivity index (χ2v) is 7.23. The smallest absolute Gasteiger partial charge is 0.231 e. The standard InChI is InChI=1S/C21H18F2N4O/c1-11(2)27-6-4-5-17(27)14-7-12-8-18(26-21(28)13-9-16(13)22)25-10-15(12)19(23)20(14)24-3/h4-8,10-11,13,16H,9H2,1-2H3,(H,25,26,28). The SMILES string of the molecule is [C-]#[N+]c1c(-c2cccn2C(C)C)cc2cc(NC(=O)C3CC3F)ncc2c1F. The van der Waals surface area contributed by atoms with Crippen LogP contribution >= 0.6 is 0 Å².